The van der Waals surface area contributed by atoms with Gasteiger partial charge in [-0.2, -0.15) is 11.8 Å². The number of amides is 1. The molecule has 0 radical (unpaired) electrons. The predicted molar refractivity (Wildman–Crippen MR) is 136 cm³/mol. The summed E-state index contributed by atoms with van der Waals surface area (Å²) in [5.74, 6) is 0.672. The summed E-state index contributed by atoms with van der Waals surface area (Å²) < 4.78 is 11.2. The highest BCUT2D eigenvalue weighted by Gasteiger charge is 2.25. The van der Waals surface area contributed by atoms with Crippen LogP contribution in [0.4, 0.5) is 0 Å². The highest BCUT2D eigenvalue weighted by molar-refractivity contribution is 7.98. The molecule has 178 valence electrons. The summed E-state index contributed by atoms with van der Waals surface area (Å²) in [5, 5.41) is 2.89. The van der Waals surface area contributed by atoms with E-state index in [0.717, 1.165) is 22.4 Å². The Kier molecular flexibility index (Phi) is 9.52. The quantitative estimate of drug-likeness (QED) is 0.385. The first-order chi connectivity index (χ1) is 16.5. The average Bonchev–Trinajstić information content (AvgIpc) is 2.85. The van der Waals surface area contributed by atoms with Crippen molar-refractivity contribution in [3.63, 3.8) is 0 Å². The Bertz CT molecular complexity index is 1070. The van der Waals surface area contributed by atoms with Crippen molar-refractivity contribution in [1.82, 2.24) is 10.3 Å². The highest BCUT2D eigenvalue weighted by Crippen LogP contribution is 2.26. The molecule has 2 aromatic carbocycles. The van der Waals surface area contributed by atoms with Crippen LogP contribution in [0, 0.1) is 0 Å². The molecule has 3 aromatic rings. The van der Waals surface area contributed by atoms with Crippen molar-refractivity contribution in [3.8, 4) is 16.9 Å². The van der Waals surface area contributed by atoms with Crippen LogP contribution in [0.25, 0.3) is 11.1 Å². The zero-order valence-corrected chi connectivity index (χ0v) is 20.5. The number of hydrogen-bond donors (Lipinski definition) is 1. The van der Waals surface area contributed by atoms with E-state index in [2.05, 4.69) is 10.3 Å². The van der Waals surface area contributed by atoms with Crippen molar-refractivity contribution in [2.75, 3.05) is 12.0 Å². The molecule has 0 spiro atoms. The van der Waals surface area contributed by atoms with Crippen molar-refractivity contribution in [3.05, 3.63) is 84.2 Å². The molecule has 1 atom stereocenters. The van der Waals surface area contributed by atoms with E-state index in [1.807, 2.05) is 60.9 Å². The van der Waals surface area contributed by atoms with Crippen LogP contribution in [0.2, 0.25) is 0 Å². The Hall–Kier alpha value is -3.32. The van der Waals surface area contributed by atoms with Crippen LogP contribution in [0.1, 0.15) is 36.2 Å². The third-order valence-corrected chi connectivity index (χ3v) is 5.65. The molecule has 34 heavy (non-hydrogen) atoms. The van der Waals surface area contributed by atoms with Crippen LogP contribution >= 0.6 is 11.8 Å². The van der Waals surface area contributed by atoms with E-state index in [9.17, 15) is 9.59 Å². The number of benzene rings is 2. The highest BCUT2D eigenvalue weighted by atomic mass is 32.2. The van der Waals surface area contributed by atoms with E-state index in [1.165, 1.54) is 0 Å². The summed E-state index contributed by atoms with van der Waals surface area (Å²) in [6.07, 6.45) is 5.56. The lowest BCUT2D eigenvalue weighted by Crippen LogP contribution is -2.43. The monoisotopic (exact) mass is 478 g/mol. The van der Waals surface area contributed by atoms with Gasteiger partial charge in [0.25, 0.3) is 5.91 Å². The van der Waals surface area contributed by atoms with E-state index in [-0.39, 0.29) is 12.0 Å². The number of thioether (sulfide) groups is 1. The van der Waals surface area contributed by atoms with Gasteiger partial charge in [-0.25, -0.2) is 4.79 Å². The predicted octanol–water partition coefficient (Wildman–Crippen LogP) is 5.13. The van der Waals surface area contributed by atoms with Crippen LogP contribution in [0.15, 0.2) is 73.1 Å². The second-order valence-corrected chi connectivity index (χ2v) is 9.00. The second-order valence-electron chi connectivity index (χ2n) is 8.02. The van der Waals surface area contributed by atoms with Gasteiger partial charge in [-0.3, -0.25) is 9.78 Å². The fourth-order valence-electron chi connectivity index (χ4n) is 3.37. The minimum Gasteiger partial charge on any atom is -0.487 e. The largest absolute Gasteiger partial charge is 0.487 e. The van der Waals surface area contributed by atoms with Gasteiger partial charge in [-0.1, -0.05) is 36.4 Å². The van der Waals surface area contributed by atoms with Crippen molar-refractivity contribution in [2.24, 2.45) is 0 Å². The SMILES string of the molecule is CSCCC(NC(=O)c1ccc(COc2cccnc2)cc1-c1ccccc1)C(=O)OC(C)C. The first kappa shape index (κ1) is 25.3. The van der Waals surface area contributed by atoms with E-state index in [1.54, 1.807) is 44.1 Å². The Morgan fingerprint density at radius 1 is 1.06 bits per heavy atom. The van der Waals surface area contributed by atoms with Gasteiger partial charge in [0.2, 0.25) is 0 Å². The molecule has 7 heteroatoms. The van der Waals surface area contributed by atoms with E-state index in [0.29, 0.717) is 24.3 Å². The molecule has 0 fully saturated rings. The summed E-state index contributed by atoms with van der Waals surface area (Å²) in [4.78, 5) is 30.0. The number of ether oxygens (including phenoxy) is 2. The third-order valence-electron chi connectivity index (χ3n) is 5.01. The van der Waals surface area contributed by atoms with Crippen molar-refractivity contribution >= 4 is 23.6 Å². The normalized spacial score (nSPS) is 11.6. The molecule has 1 heterocycles. The molecule has 0 saturated carbocycles. The summed E-state index contributed by atoms with van der Waals surface area (Å²) >= 11 is 1.62. The molecule has 1 amide bonds. The van der Waals surface area contributed by atoms with Gasteiger partial charge >= 0.3 is 5.97 Å². The van der Waals surface area contributed by atoms with E-state index in [4.69, 9.17) is 9.47 Å². The smallest absolute Gasteiger partial charge is 0.328 e. The van der Waals surface area contributed by atoms with Gasteiger partial charge in [0.1, 0.15) is 18.4 Å². The first-order valence-electron chi connectivity index (χ1n) is 11.2. The second kappa shape index (κ2) is 12.8. The van der Waals surface area contributed by atoms with Crippen LogP contribution in [-0.4, -0.2) is 41.0 Å². The lowest BCUT2D eigenvalue weighted by atomic mass is 9.96. The van der Waals surface area contributed by atoms with Gasteiger partial charge in [-0.15, -0.1) is 0 Å². The third kappa shape index (κ3) is 7.35. The van der Waals surface area contributed by atoms with Crippen molar-refractivity contribution in [1.29, 1.82) is 0 Å². The molecular weight excluding hydrogens is 448 g/mol. The fourth-order valence-corrected chi connectivity index (χ4v) is 3.84. The number of rotatable bonds is 11. The zero-order chi connectivity index (χ0) is 24.3. The summed E-state index contributed by atoms with van der Waals surface area (Å²) in [5.41, 5.74) is 3.08. The molecule has 0 saturated heterocycles. The van der Waals surface area contributed by atoms with Gasteiger partial charge in [0.05, 0.1) is 12.3 Å². The van der Waals surface area contributed by atoms with E-state index < -0.39 is 12.0 Å². The van der Waals surface area contributed by atoms with Crippen LogP contribution in [0.5, 0.6) is 5.75 Å². The molecule has 1 aromatic heterocycles. The summed E-state index contributed by atoms with van der Waals surface area (Å²) in [7, 11) is 0. The maximum atomic E-state index is 13.3. The Balaban J connectivity index is 1.86. The molecule has 3 rings (SSSR count). The number of hydrogen-bond acceptors (Lipinski definition) is 6. The van der Waals surface area contributed by atoms with Gasteiger partial charge < -0.3 is 14.8 Å². The molecule has 1 unspecified atom stereocenters. The lowest BCUT2D eigenvalue weighted by Gasteiger charge is -2.20. The minimum atomic E-state index is -0.709. The molecule has 0 aliphatic carbocycles. The van der Waals surface area contributed by atoms with Crippen LogP contribution in [0.3, 0.4) is 0 Å². The molecule has 1 N–H and O–H groups in total. The number of carbonyl (C=O) groups excluding carboxylic acids is 2. The molecule has 6 nitrogen and oxygen atoms in total. The molecular formula is C27H30N2O4S. The maximum Gasteiger partial charge on any atom is 0.328 e. The fraction of sp³-hybridized carbons (Fsp3) is 0.296. The number of carbonyl (C=O) groups is 2. The number of aromatic nitrogens is 1. The first-order valence-corrected chi connectivity index (χ1v) is 12.6. The number of nitrogens with zero attached hydrogens (tertiary/aromatic N) is 1. The van der Waals surface area contributed by atoms with Crippen LogP contribution < -0.4 is 10.1 Å². The summed E-state index contributed by atoms with van der Waals surface area (Å²) in [6.45, 7) is 3.93. The summed E-state index contributed by atoms with van der Waals surface area (Å²) in [6, 6.07) is 18.2. The maximum absolute atomic E-state index is 13.3. The van der Waals surface area contributed by atoms with Crippen molar-refractivity contribution in [2.45, 2.75) is 39.0 Å². The average molecular weight is 479 g/mol. The van der Waals surface area contributed by atoms with Gasteiger partial charge in [0, 0.05) is 11.8 Å². The van der Waals surface area contributed by atoms with Gasteiger partial charge in [-0.05, 0) is 73.2 Å². The van der Waals surface area contributed by atoms with Crippen molar-refractivity contribution < 1.29 is 19.1 Å². The zero-order valence-electron chi connectivity index (χ0n) is 19.7. The minimum absolute atomic E-state index is 0.250. The molecule has 0 aliphatic rings. The van der Waals surface area contributed by atoms with Gasteiger partial charge in [0.15, 0.2) is 0 Å². The Morgan fingerprint density at radius 2 is 1.85 bits per heavy atom. The number of esters is 1. The Labute approximate surface area is 205 Å². The Morgan fingerprint density at radius 3 is 2.53 bits per heavy atom. The van der Waals surface area contributed by atoms with Crippen LogP contribution in [-0.2, 0) is 16.1 Å². The number of pyridine rings is 1. The number of nitrogens with one attached hydrogen (secondary N) is 1. The molecule has 0 aliphatic heterocycles. The lowest BCUT2D eigenvalue weighted by molar-refractivity contribution is -0.149. The topological polar surface area (TPSA) is 77.5 Å². The molecule has 0 bridgehead atoms. The van der Waals surface area contributed by atoms with E-state index >= 15 is 0 Å². The standard InChI is InChI=1S/C27H30N2O4S/c1-19(2)33-27(31)25(13-15-34-3)29-26(30)23-12-11-20(18-32-22-10-7-14-28-17-22)16-24(23)21-8-5-4-6-9-21/h4-12,14,16-17,19,25H,13,15,18H2,1-3H3,(H,29,30).